The summed E-state index contributed by atoms with van der Waals surface area (Å²) in [6.45, 7) is -0.0879. The summed E-state index contributed by atoms with van der Waals surface area (Å²) in [5.41, 5.74) is 6.15. The molecule has 0 bridgehead atoms. The molecule has 9 heteroatoms. The van der Waals surface area contributed by atoms with E-state index in [-0.39, 0.29) is 16.7 Å². The number of amides is 1. The van der Waals surface area contributed by atoms with Gasteiger partial charge in [-0.05, 0) is 35.9 Å². The van der Waals surface area contributed by atoms with Crippen molar-refractivity contribution in [1.82, 2.24) is 5.43 Å². The highest BCUT2D eigenvalue weighted by molar-refractivity contribution is 6.41. The van der Waals surface area contributed by atoms with E-state index in [1.54, 1.807) is 24.3 Å². The lowest BCUT2D eigenvalue weighted by atomic mass is 10.2. The van der Waals surface area contributed by atoms with Gasteiger partial charge < -0.3 is 9.47 Å². The van der Waals surface area contributed by atoms with E-state index >= 15 is 0 Å². The van der Waals surface area contributed by atoms with Gasteiger partial charge in [0.05, 0.1) is 22.8 Å². The van der Waals surface area contributed by atoms with Gasteiger partial charge in [0.25, 0.3) is 5.91 Å². The molecular weight excluding hydrogens is 413 g/mol. The highest BCUT2D eigenvalue weighted by Gasteiger charge is 2.08. The smallest absolute Gasteiger partial charge is 0.262 e. The molecule has 0 unspecified atom stereocenters. The van der Waals surface area contributed by atoms with E-state index in [1.807, 2.05) is 6.07 Å². The Morgan fingerprint density at radius 1 is 1.19 bits per heavy atom. The molecular formula is C18H14Cl3N3O3. The molecule has 0 saturated heterocycles. The Kier molecular flexibility index (Phi) is 7.62. The maximum atomic E-state index is 12.0. The SMILES string of the molecule is COc1cc(/C=C/C(=O)NNc2c(Cl)cc(Cl)cc2Cl)ccc1OCC#N. The number of benzene rings is 2. The Bertz CT molecular complexity index is 887. The molecule has 0 aliphatic rings. The summed E-state index contributed by atoms with van der Waals surface area (Å²) in [5, 5.41) is 9.50. The number of ether oxygens (including phenoxy) is 2. The molecule has 0 fully saturated rings. The fourth-order valence-electron chi connectivity index (χ4n) is 2.02. The van der Waals surface area contributed by atoms with Crippen LogP contribution in [0.5, 0.6) is 11.5 Å². The minimum absolute atomic E-state index is 0.0879. The van der Waals surface area contributed by atoms with E-state index in [0.717, 1.165) is 0 Å². The van der Waals surface area contributed by atoms with Gasteiger partial charge in [0.15, 0.2) is 18.1 Å². The first-order chi connectivity index (χ1) is 12.9. The van der Waals surface area contributed by atoms with Gasteiger partial charge in [-0.2, -0.15) is 5.26 Å². The fourth-order valence-corrected chi connectivity index (χ4v) is 2.93. The monoisotopic (exact) mass is 425 g/mol. The number of hydrogen-bond acceptors (Lipinski definition) is 5. The zero-order valence-electron chi connectivity index (χ0n) is 14.1. The lowest BCUT2D eigenvalue weighted by molar-refractivity contribution is -0.115. The summed E-state index contributed by atoms with van der Waals surface area (Å²) in [5.74, 6) is 0.459. The van der Waals surface area contributed by atoms with Crippen molar-refractivity contribution in [3.8, 4) is 17.6 Å². The summed E-state index contributed by atoms with van der Waals surface area (Å²) >= 11 is 17.9. The summed E-state index contributed by atoms with van der Waals surface area (Å²) in [4.78, 5) is 12.0. The number of rotatable bonds is 7. The Hall–Kier alpha value is -2.59. The maximum Gasteiger partial charge on any atom is 0.262 e. The number of halogens is 3. The topological polar surface area (TPSA) is 83.4 Å². The van der Waals surface area contributed by atoms with Crippen LogP contribution in [0.25, 0.3) is 6.08 Å². The molecule has 0 saturated carbocycles. The van der Waals surface area contributed by atoms with Gasteiger partial charge in [0.2, 0.25) is 0 Å². The zero-order valence-corrected chi connectivity index (χ0v) is 16.3. The molecule has 1 amide bonds. The van der Waals surface area contributed by atoms with Crippen LogP contribution in [0.1, 0.15) is 5.56 Å². The second-order valence-electron chi connectivity index (χ2n) is 5.05. The average Bonchev–Trinajstić information content (AvgIpc) is 2.64. The summed E-state index contributed by atoms with van der Waals surface area (Å²) in [6.07, 6.45) is 2.90. The second-order valence-corrected chi connectivity index (χ2v) is 6.30. The van der Waals surface area contributed by atoms with Crippen LogP contribution < -0.4 is 20.3 Å². The third kappa shape index (κ3) is 5.97. The standard InChI is InChI=1S/C18H14Cl3N3O3/c1-26-16-8-11(2-4-15(16)27-7-6-22)3-5-17(25)23-24-18-13(20)9-12(19)10-14(18)21/h2-5,8-10,24H,7H2,1H3,(H,23,25)/b5-3+. The van der Waals surface area contributed by atoms with Crippen molar-refractivity contribution in [3.05, 3.63) is 57.0 Å². The Labute approximate surface area is 171 Å². The Balaban J connectivity index is 2.01. The van der Waals surface area contributed by atoms with E-state index in [9.17, 15) is 4.79 Å². The number of carbonyl (C=O) groups excluding carboxylic acids is 1. The van der Waals surface area contributed by atoms with Crippen molar-refractivity contribution in [2.24, 2.45) is 0 Å². The molecule has 2 aromatic carbocycles. The number of nitrogens with one attached hydrogen (secondary N) is 2. The minimum atomic E-state index is -0.430. The highest BCUT2D eigenvalue weighted by Crippen LogP contribution is 2.33. The Morgan fingerprint density at radius 3 is 2.52 bits per heavy atom. The number of nitriles is 1. The van der Waals surface area contributed by atoms with Crippen molar-refractivity contribution in [2.75, 3.05) is 19.1 Å². The number of anilines is 1. The number of nitrogens with zero attached hydrogens (tertiary/aromatic N) is 1. The molecule has 2 rings (SSSR count). The van der Waals surface area contributed by atoms with Crippen molar-refractivity contribution in [3.63, 3.8) is 0 Å². The molecule has 27 heavy (non-hydrogen) atoms. The molecule has 0 aliphatic carbocycles. The van der Waals surface area contributed by atoms with E-state index in [0.29, 0.717) is 27.8 Å². The van der Waals surface area contributed by atoms with Crippen molar-refractivity contribution < 1.29 is 14.3 Å². The van der Waals surface area contributed by atoms with Crippen molar-refractivity contribution in [2.45, 2.75) is 0 Å². The highest BCUT2D eigenvalue weighted by atomic mass is 35.5. The number of hydrogen-bond donors (Lipinski definition) is 2. The van der Waals surface area contributed by atoms with Crippen LogP contribution in [-0.2, 0) is 4.79 Å². The van der Waals surface area contributed by atoms with Gasteiger partial charge in [0, 0.05) is 11.1 Å². The third-order valence-electron chi connectivity index (χ3n) is 3.22. The number of methoxy groups -OCH3 is 1. The maximum absolute atomic E-state index is 12.0. The summed E-state index contributed by atoms with van der Waals surface area (Å²) in [7, 11) is 1.48. The predicted octanol–water partition coefficient (Wildman–Crippen LogP) is 4.71. The van der Waals surface area contributed by atoms with Crippen molar-refractivity contribution >= 4 is 52.5 Å². The van der Waals surface area contributed by atoms with Gasteiger partial charge in [-0.1, -0.05) is 40.9 Å². The second kappa shape index (κ2) is 9.93. The van der Waals surface area contributed by atoms with E-state index < -0.39 is 5.91 Å². The molecule has 2 aromatic rings. The van der Waals surface area contributed by atoms with E-state index in [2.05, 4.69) is 10.9 Å². The first-order valence-corrected chi connectivity index (χ1v) is 8.64. The molecule has 0 atom stereocenters. The van der Waals surface area contributed by atoms with E-state index in [4.69, 9.17) is 49.5 Å². The van der Waals surface area contributed by atoms with Crippen molar-refractivity contribution in [1.29, 1.82) is 5.26 Å². The summed E-state index contributed by atoms with van der Waals surface area (Å²) < 4.78 is 10.5. The third-order valence-corrected chi connectivity index (χ3v) is 4.04. The molecule has 2 N–H and O–H groups in total. The molecule has 140 valence electrons. The lowest BCUT2D eigenvalue weighted by Crippen LogP contribution is -2.27. The predicted molar refractivity (Wildman–Crippen MR) is 106 cm³/mol. The molecule has 6 nitrogen and oxygen atoms in total. The van der Waals surface area contributed by atoms with Gasteiger partial charge in [0.1, 0.15) is 6.07 Å². The number of carbonyl (C=O) groups is 1. The number of hydrazine groups is 1. The molecule has 0 aliphatic heterocycles. The first kappa shape index (κ1) is 20.7. The minimum Gasteiger partial charge on any atom is -0.493 e. The average molecular weight is 427 g/mol. The molecule has 0 spiro atoms. The van der Waals surface area contributed by atoms with E-state index in [1.165, 1.54) is 25.3 Å². The van der Waals surface area contributed by atoms with Gasteiger partial charge >= 0.3 is 0 Å². The van der Waals surface area contributed by atoms with Crippen LogP contribution in [-0.4, -0.2) is 19.6 Å². The largest absolute Gasteiger partial charge is 0.493 e. The normalized spacial score (nSPS) is 10.3. The zero-order chi connectivity index (χ0) is 19.8. The summed E-state index contributed by atoms with van der Waals surface area (Å²) in [6, 6.07) is 9.94. The van der Waals surface area contributed by atoms with Crippen LogP contribution in [0.3, 0.4) is 0 Å². The first-order valence-electron chi connectivity index (χ1n) is 7.51. The van der Waals surface area contributed by atoms with Gasteiger partial charge in [-0.3, -0.25) is 15.6 Å². The van der Waals surface area contributed by atoms with Gasteiger partial charge in [-0.15, -0.1) is 0 Å². The fraction of sp³-hybridized carbons (Fsp3) is 0.111. The lowest BCUT2D eigenvalue weighted by Gasteiger charge is -2.11. The Morgan fingerprint density at radius 2 is 1.89 bits per heavy atom. The van der Waals surface area contributed by atoms with Crippen LogP contribution in [0.15, 0.2) is 36.4 Å². The molecule has 0 radical (unpaired) electrons. The molecule has 0 aromatic heterocycles. The van der Waals surface area contributed by atoms with Crippen LogP contribution in [0, 0.1) is 11.3 Å². The van der Waals surface area contributed by atoms with Gasteiger partial charge in [-0.25, -0.2) is 0 Å². The quantitative estimate of drug-likeness (QED) is 0.495. The molecule has 0 heterocycles. The van der Waals surface area contributed by atoms with Crippen LogP contribution in [0.4, 0.5) is 5.69 Å². The van der Waals surface area contributed by atoms with Crippen LogP contribution in [0.2, 0.25) is 15.1 Å². The van der Waals surface area contributed by atoms with Crippen LogP contribution >= 0.6 is 34.8 Å².